The summed E-state index contributed by atoms with van der Waals surface area (Å²) in [7, 11) is 0. The fourth-order valence-electron chi connectivity index (χ4n) is 2.28. The number of rotatable bonds is 5. The Kier molecular flexibility index (Phi) is 4.74. The lowest BCUT2D eigenvalue weighted by molar-refractivity contribution is -0.386. The summed E-state index contributed by atoms with van der Waals surface area (Å²) in [5, 5.41) is 10.8. The SMILES string of the molecule is Cc1ccc([N+](=O)[O-])c(=O)n1CC(=O)c1ccc(C(C)C)cc1. The topological polar surface area (TPSA) is 82.2 Å². The number of aryl methyl sites for hydroxylation is 1. The second kappa shape index (κ2) is 6.56. The third-order valence-corrected chi connectivity index (χ3v) is 3.77. The highest BCUT2D eigenvalue weighted by Gasteiger charge is 2.18. The summed E-state index contributed by atoms with van der Waals surface area (Å²) in [6, 6.07) is 9.82. The number of Topliss-reactive ketones (excluding diaryl/α,β-unsaturated/α-hetero) is 1. The molecule has 0 amide bonds. The lowest BCUT2D eigenvalue weighted by atomic mass is 10.0. The Balaban J connectivity index is 2.32. The number of nitrogens with zero attached hydrogens (tertiary/aromatic N) is 2. The molecule has 0 saturated carbocycles. The monoisotopic (exact) mass is 314 g/mol. The molecule has 0 atom stereocenters. The summed E-state index contributed by atoms with van der Waals surface area (Å²) in [6.45, 7) is 5.54. The molecule has 6 nitrogen and oxygen atoms in total. The zero-order chi connectivity index (χ0) is 17.1. The maximum absolute atomic E-state index is 12.4. The van der Waals surface area contributed by atoms with E-state index >= 15 is 0 Å². The molecule has 1 heterocycles. The standard InChI is InChI=1S/C17H18N2O4/c1-11(2)13-5-7-14(8-6-13)16(20)10-18-12(3)4-9-15(17(18)21)19(22)23/h4-9,11H,10H2,1-3H3. The van der Waals surface area contributed by atoms with Gasteiger partial charge in [-0.1, -0.05) is 38.1 Å². The Bertz CT molecular complexity index is 804. The number of benzene rings is 1. The lowest BCUT2D eigenvalue weighted by Gasteiger charge is -2.10. The quantitative estimate of drug-likeness (QED) is 0.482. The van der Waals surface area contributed by atoms with Crippen molar-refractivity contribution in [3.8, 4) is 0 Å². The highest BCUT2D eigenvalue weighted by Crippen LogP contribution is 2.15. The Morgan fingerprint density at radius 3 is 2.30 bits per heavy atom. The van der Waals surface area contributed by atoms with Gasteiger partial charge in [-0.3, -0.25) is 24.3 Å². The van der Waals surface area contributed by atoms with E-state index in [0.29, 0.717) is 17.2 Å². The van der Waals surface area contributed by atoms with Gasteiger partial charge in [-0.2, -0.15) is 0 Å². The van der Waals surface area contributed by atoms with Gasteiger partial charge in [0, 0.05) is 17.3 Å². The molecular formula is C17H18N2O4. The predicted octanol–water partition coefficient (Wildman–Crippen LogP) is 3.07. The fraction of sp³-hybridized carbons (Fsp3) is 0.294. The van der Waals surface area contributed by atoms with Crippen LogP contribution in [-0.4, -0.2) is 15.3 Å². The van der Waals surface area contributed by atoms with Crippen LogP contribution in [0.25, 0.3) is 0 Å². The summed E-state index contributed by atoms with van der Waals surface area (Å²) < 4.78 is 1.14. The second-order valence-electron chi connectivity index (χ2n) is 5.71. The van der Waals surface area contributed by atoms with E-state index < -0.39 is 16.2 Å². The van der Waals surface area contributed by atoms with Crippen LogP contribution < -0.4 is 5.56 Å². The molecule has 1 aromatic carbocycles. The number of pyridine rings is 1. The number of hydrogen-bond acceptors (Lipinski definition) is 4. The van der Waals surface area contributed by atoms with E-state index in [-0.39, 0.29) is 12.3 Å². The van der Waals surface area contributed by atoms with Gasteiger partial charge in [-0.15, -0.1) is 0 Å². The number of hydrogen-bond donors (Lipinski definition) is 0. The van der Waals surface area contributed by atoms with Gasteiger partial charge in [0.05, 0.1) is 11.5 Å². The van der Waals surface area contributed by atoms with Crippen molar-refractivity contribution in [2.75, 3.05) is 0 Å². The molecule has 0 saturated heterocycles. The van der Waals surface area contributed by atoms with E-state index in [2.05, 4.69) is 13.8 Å². The highest BCUT2D eigenvalue weighted by atomic mass is 16.6. The van der Waals surface area contributed by atoms with Gasteiger partial charge in [-0.05, 0) is 24.5 Å². The van der Waals surface area contributed by atoms with E-state index in [1.54, 1.807) is 19.1 Å². The van der Waals surface area contributed by atoms with Crippen LogP contribution in [0.15, 0.2) is 41.2 Å². The van der Waals surface area contributed by atoms with Crippen molar-refractivity contribution in [1.82, 2.24) is 4.57 Å². The number of aromatic nitrogens is 1. The van der Waals surface area contributed by atoms with Gasteiger partial charge in [-0.25, -0.2) is 0 Å². The van der Waals surface area contributed by atoms with Crippen molar-refractivity contribution < 1.29 is 9.72 Å². The van der Waals surface area contributed by atoms with Gasteiger partial charge in [0.2, 0.25) is 0 Å². The summed E-state index contributed by atoms with van der Waals surface area (Å²) in [4.78, 5) is 34.6. The number of nitro groups is 1. The van der Waals surface area contributed by atoms with Crippen molar-refractivity contribution >= 4 is 11.5 Å². The number of carbonyl (C=O) groups excluding carboxylic acids is 1. The third-order valence-electron chi connectivity index (χ3n) is 3.77. The first-order valence-electron chi connectivity index (χ1n) is 7.29. The van der Waals surface area contributed by atoms with Crippen molar-refractivity contribution in [2.24, 2.45) is 0 Å². The van der Waals surface area contributed by atoms with Crippen molar-refractivity contribution in [2.45, 2.75) is 33.2 Å². The minimum absolute atomic E-state index is 0.215. The van der Waals surface area contributed by atoms with Gasteiger partial charge in [0.25, 0.3) is 0 Å². The zero-order valence-electron chi connectivity index (χ0n) is 13.3. The maximum atomic E-state index is 12.4. The summed E-state index contributed by atoms with van der Waals surface area (Å²) in [5.41, 5.74) is 0.811. The smallest absolute Gasteiger partial charge is 0.299 e. The maximum Gasteiger partial charge on any atom is 0.334 e. The first-order chi connectivity index (χ1) is 10.8. The number of ketones is 1. The van der Waals surface area contributed by atoms with E-state index in [1.807, 2.05) is 12.1 Å². The Hall–Kier alpha value is -2.76. The summed E-state index contributed by atoms with van der Waals surface area (Å²) in [5.74, 6) is 0.104. The molecule has 2 aromatic rings. The van der Waals surface area contributed by atoms with Crippen LogP contribution in [0.1, 0.15) is 41.4 Å². The minimum Gasteiger partial charge on any atom is -0.299 e. The first-order valence-corrected chi connectivity index (χ1v) is 7.29. The Labute approximate surface area is 133 Å². The molecule has 0 N–H and O–H groups in total. The Morgan fingerprint density at radius 2 is 1.78 bits per heavy atom. The molecule has 0 aliphatic rings. The van der Waals surface area contributed by atoms with E-state index in [9.17, 15) is 19.7 Å². The first kappa shape index (κ1) is 16.6. The molecule has 0 aliphatic carbocycles. The molecule has 0 unspecified atom stereocenters. The molecule has 120 valence electrons. The van der Waals surface area contributed by atoms with Crippen LogP contribution in [0, 0.1) is 17.0 Å². The van der Waals surface area contributed by atoms with Gasteiger partial charge >= 0.3 is 11.2 Å². The Morgan fingerprint density at radius 1 is 1.17 bits per heavy atom. The van der Waals surface area contributed by atoms with Gasteiger partial charge in [0.1, 0.15) is 0 Å². The van der Waals surface area contributed by atoms with Crippen LogP contribution >= 0.6 is 0 Å². The molecule has 0 spiro atoms. The molecule has 6 heteroatoms. The van der Waals surface area contributed by atoms with Crippen molar-refractivity contribution in [1.29, 1.82) is 0 Å². The van der Waals surface area contributed by atoms with Crippen LogP contribution in [0.2, 0.25) is 0 Å². The normalized spacial score (nSPS) is 10.8. The summed E-state index contributed by atoms with van der Waals surface area (Å²) >= 11 is 0. The van der Waals surface area contributed by atoms with Crippen molar-refractivity contribution in [3.63, 3.8) is 0 Å². The molecule has 0 fully saturated rings. The molecule has 0 aliphatic heterocycles. The lowest BCUT2D eigenvalue weighted by Crippen LogP contribution is -2.27. The largest absolute Gasteiger partial charge is 0.334 e. The van der Waals surface area contributed by atoms with Gasteiger partial charge < -0.3 is 0 Å². The molecule has 1 aromatic heterocycles. The molecule has 0 bridgehead atoms. The zero-order valence-corrected chi connectivity index (χ0v) is 13.3. The van der Waals surface area contributed by atoms with Crippen LogP contribution in [0.5, 0.6) is 0 Å². The molecule has 0 radical (unpaired) electrons. The summed E-state index contributed by atoms with van der Waals surface area (Å²) in [6.07, 6.45) is 0. The van der Waals surface area contributed by atoms with Crippen LogP contribution in [0.3, 0.4) is 0 Å². The van der Waals surface area contributed by atoms with Crippen LogP contribution in [-0.2, 0) is 6.54 Å². The molecular weight excluding hydrogens is 296 g/mol. The van der Waals surface area contributed by atoms with E-state index in [1.165, 1.54) is 6.07 Å². The predicted molar refractivity (Wildman–Crippen MR) is 87.0 cm³/mol. The van der Waals surface area contributed by atoms with Crippen molar-refractivity contribution in [3.05, 3.63) is 73.7 Å². The molecule has 2 rings (SSSR count). The van der Waals surface area contributed by atoms with E-state index in [0.717, 1.165) is 16.2 Å². The molecule has 23 heavy (non-hydrogen) atoms. The average molecular weight is 314 g/mol. The third kappa shape index (κ3) is 3.53. The fourth-order valence-corrected chi connectivity index (χ4v) is 2.28. The minimum atomic E-state index is -0.762. The second-order valence-corrected chi connectivity index (χ2v) is 5.71. The van der Waals surface area contributed by atoms with Gasteiger partial charge in [0.15, 0.2) is 5.78 Å². The van der Waals surface area contributed by atoms with Crippen LogP contribution in [0.4, 0.5) is 5.69 Å². The average Bonchev–Trinajstić information content (AvgIpc) is 2.50. The highest BCUT2D eigenvalue weighted by molar-refractivity contribution is 5.96. The number of carbonyl (C=O) groups is 1. The van der Waals surface area contributed by atoms with E-state index in [4.69, 9.17) is 0 Å².